The van der Waals surface area contributed by atoms with Crippen LogP contribution in [0.4, 0.5) is 0 Å². The fraction of sp³-hybridized carbons (Fsp3) is 0.632. The van der Waals surface area contributed by atoms with Crippen LogP contribution < -0.4 is 10.6 Å². The number of likely N-dealkylation sites (N-methyl/N-ethyl adjacent to an activating group) is 1. The number of nitrogens with zero attached hydrogens (tertiary/aromatic N) is 3. The standard InChI is InChI=1S/C19H33N5/c1-16(2)13-21-19(20-3)22-14-17-5-7-18(8-6-17)15-24-11-9-23(4)10-12-24/h5-8,16H,9-15H2,1-4H3,(H2,20,21,22). The summed E-state index contributed by atoms with van der Waals surface area (Å²) in [6.45, 7) is 11.8. The van der Waals surface area contributed by atoms with Gasteiger partial charge in [0, 0.05) is 52.9 Å². The Kier molecular flexibility index (Phi) is 7.53. The van der Waals surface area contributed by atoms with Gasteiger partial charge < -0.3 is 15.5 Å². The van der Waals surface area contributed by atoms with E-state index in [9.17, 15) is 0 Å². The molecule has 0 aromatic heterocycles. The molecule has 0 bridgehead atoms. The van der Waals surface area contributed by atoms with Crippen LogP contribution in [0.25, 0.3) is 0 Å². The summed E-state index contributed by atoms with van der Waals surface area (Å²) in [5.74, 6) is 1.47. The van der Waals surface area contributed by atoms with Crippen molar-refractivity contribution in [1.82, 2.24) is 20.4 Å². The van der Waals surface area contributed by atoms with Crippen molar-refractivity contribution in [3.8, 4) is 0 Å². The van der Waals surface area contributed by atoms with Crippen molar-refractivity contribution in [3.63, 3.8) is 0 Å². The van der Waals surface area contributed by atoms with Gasteiger partial charge in [-0.3, -0.25) is 9.89 Å². The Morgan fingerprint density at radius 1 is 1.04 bits per heavy atom. The average Bonchev–Trinajstić information content (AvgIpc) is 2.58. The first-order valence-electron chi connectivity index (χ1n) is 9.00. The van der Waals surface area contributed by atoms with E-state index in [1.807, 2.05) is 7.05 Å². The number of piperazine rings is 1. The van der Waals surface area contributed by atoms with Crippen LogP contribution in [0, 0.1) is 5.92 Å². The number of guanidine groups is 1. The summed E-state index contributed by atoms with van der Waals surface area (Å²) >= 11 is 0. The van der Waals surface area contributed by atoms with Gasteiger partial charge in [0.2, 0.25) is 0 Å². The Morgan fingerprint density at radius 3 is 2.25 bits per heavy atom. The van der Waals surface area contributed by atoms with E-state index >= 15 is 0 Å². The Labute approximate surface area is 147 Å². The van der Waals surface area contributed by atoms with E-state index in [4.69, 9.17) is 0 Å². The van der Waals surface area contributed by atoms with E-state index in [0.717, 1.165) is 38.7 Å². The van der Waals surface area contributed by atoms with Gasteiger partial charge in [-0.05, 0) is 24.1 Å². The molecule has 1 aromatic carbocycles. The molecule has 0 amide bonds. The maximum Gasteiger partial charge on any atom is 0.191 e. The van der Waals surface area contributed by atoms with Gasteiger partial charge in [-0.1, -0.05) is 38.1 Å². The summed E-state index contributed by atoms with van der Waals surface area (Å²) in [5, 5.41) is 6.71. The lowest BCUT2D eigenvalue weighted by atomic mass is 10.1. The molecule has 0 aliphatic carbocycles. The van der Waals surface area contributed by atoms with Crippen LogP contribution in [0.15, 0.2) is 29.3 Å². The molecule has 1 saturated heterocycles. The molecule has 0 spiro atoms. The molecular weight excluding hydrogens is 298 g/mol. The van der Waals surface area contributed by atoms with E-state index in [0.29, 0.717) is 5.92 Å². The van der Waals surface area contributed by atoms with Gasteiger partial charge in [-0.25, -0.2) is 0 Å². The molecule has 0 atom stereocenters. The monoisotopic (exact) mass is 331 g/mol. The summed E-state index contributed by atoms with van der Waals surface area (Å²) in [6, 6.07) is 8.93. The second-order valence-electron chi connectivity index (χ2n) is 7.10. The fourth-order valence-electron chi connectivity index (χ4n) is 2.73. The Morgan fingerprint density at radius 2 is 1.67 bits per heavy atom. The lowest BCUT2D eigenvalue weighted by Gasteiger charge is -2.32. The minimum Gasteiger partial charge on any atom is -0.356 e. The topological polar surface area (TPSA) is 42.9 Å². The molecule has 1 aliphatic heterocycles. The molecule has 1 fully saturated rings. The molecule has 0 saturated carbocycles. The van der Waals surface area contributed by atoms with Gasteiger partial charge in [0.15, 0.2) is 5.96 Å². The van der Waals surface area contributed by atoms with Crippen LogP contribution in [-0.4, -0.2) is 62.6 Å². The maximum atomic E-state index is 4.26. The zero-order valence-electron chi connectivity index (χ0n) is 15.7. The van der Waals surface area contributed by atoms with E-state index in [-0.39, 0.29) is 0 Å². The number of hydrogen-bond acceptors (Lipinski definition) is 3. The molecule has 2 rings (SSSR count). The van der Waals surface area contributed by atoms with Crippen LogP contribution in [-0.2, 0) is 13.1 Å². The van der Waals surface area contributed by atoms with Gasteiger partial charge in [0.05, 0.1) is 0 Å². The number of benzene rings is 1. The molecule has 0 radical (unpaired) electrons. The molecule has 2 N–H and O–H groups in total. The molecule has 134 valence electrons. The number of nitrogens with one attached hydrogen (secondary N) is 2. The summed E-state index contributed by atoms with van der Waals surface area (Å²) < 4.78 is 0. The quantitative estimate of drug-likeness (QED) is 0.616. The van der Waals surface area contributed by atoms with Crippen molar-refractivity contribution in [2.45, 2.75) is 26.9 Å². The van der Waals surface area contributed by atoms with Crippen LogP contribution in [0.3, 0.4) is 0 Å². The van der Waals surface area contributed by atoms with Gasteiger partial charge in [0.25, 0.3) is 0 Å². The fourth-order valence-corrected chi connectivity index (χ4v) is 2.73. The van der Waals surface area contributed by atoms with E-state index < -0.39 is 0 Å². The van der Waals surface area contributed by atoms with Crippen molar-refractivity contribution < 1.29 is 0 Å². The Balaban J connectivity index is 1.77. The molecule has 5 nitrogen and oxygen atoms in total. The largest absolute Gasteiger partial charge is 0.356 e. The summed E-state index contributed by atoms with van der Waals surface area (Å²) in [7, 11) is 4.01. The van der Waals surface area contributed by atoms with Crippen LogP contribution >= 0.6 is 0 Å². The smallest absolute Gasteiger partial charge is 0.191 e. The minimum atomic E-state index is 0.609. The highest BCUT2D eigenvalue weighted by Gasteiger charge is 2.13. The van der Waals surface area contributed by atoms with Crippen molar-refractivity contribution >= 4 is 5.96 Å². The SMILES string of the molecule is CN=C(NCc1ccc(CN2CCN(C)CC2)cc1)NCC(C)C. The van der Waals surface area contributed by atoms with Gasteiger partial charge >= 0.3 is 0 Å². The summed E-state index contributed by atoms with van der Waals surface area (Å²) in [6.07, 6.45) is 0. The minimum absolute atomic E-state index is 0.609. The Bertz CT molecular complexity index is 501. The van der Waals surface area contributed by atoms with Gasteiger partial charge in [-0.2, -0.15) is 0 Å². The number of aliphatic imine (C=N–C) groups is 1. The van der Waals surface area contributed by atoms with Crippen molar-refractivity contribution in [2.75, 3.05) is 46.8 Å². The molecule has 1 heterocycles. The first kappa shape index (κ1) is 18.7. The van der Waals surface area contributed by atoms with E-state index in [1.165, 1.54) is 24.2 Å². The molecule has 0 unspecified atom stereocenters. The molecule has 1 aliphatic rings. The highest BCUT2D eigenvalue weighted by molar-refractivity contribution is 5.79. The molecule has 5 heteroatoms. The predicted octanol–water partition coefficient (Wildman–Crippen LogP) is 1.76. The predicted molar refractivity (Wildman–Crippen MR) is 102 cm³/mol. The lowest BCUT2D eigenvalue weighted by molar-refractivity contribution is 0.148. The Hall–Kier alpha value is -1.59. The summed E-state index contributed by atoms with van der Waals surface area (Å²) in [5.41, 5.74) is 2.68. The second-order valence-corrected chi connectivity index (χ2v) is 7.10. The second kappa shape index (κ2) is 9.64. The lowest BCUT2D eigenvalue weighted by Crippen LogP contribution is -2.43. The van der Waals surface area contributed by atoms with Crippen LogP contribution in [0.5, 0.6) is 0 Å². The van der Waals surface area contributed by atoms with E-state index in [2.05, 4.69) is 70.6 Å². The van der Waals surface area contributed by atoms with Crippen LogP contribution in [0.2, 0.25) is 0 Å². The first-order chi connectivity index (χ1) is 11.6. The number of rotatable bonds is 6. The maximum absolute atomic E-state index is 4.26. The number of hydrogen-bond donors (Lipinski definition) is 2. The first-order valence-corrected chi connectivity index (χ1v) is 9.00. The van der Waals surface area contributed by atoms with Gasteiger partial charge in [-0.15, -0.1) is 0 Å². The third kappa shape index (κ3) is 6.49. The summed E-state index contributed by atoms with van der Waals surface area (Å²) in [4.78, 5) is 9.19. The normalized spacial score (nSPS) is 17.3. The zero-order chi connectivity index (χ0) is 17.4. The third-order valence-corrected chi connectivity index (χ3v) is 4.39. The van der Waals surface area contributed by atoms with Gasteiger partial charge in [0.1, 0.15) is 0 Å². The zero-order valence-corrected chi connectivity index (χ0v) is 15.7. The highest BCUT2D eigenvalue weighted by Crippen LogP contribution is 2.09. The van der Waals surface area contributed by atoms with Crippen molar-refractivity contribution in [2.24, 2.45) is 10.9 Å². The van der Waals surface area contributed by atoms with Crippen molar-refractivity contribution in [1.29, 1.82) is 0 Å². The molecule has 1 aromatic rings. The highest BCUT2D eigenvalue weighted by atomic mass is 15.2. The molecule has 24 heavy (non-hydrogen) atoms. The third-order valence-electron chi connectivity index (χ3n) is 4.39. The molecular formula is C19H33N5. The van der Waals surface area contributed by atoms with Crippen LogP contribution in [0.1, 0.15) is 25.0 Å². The van der Waals surface area contributed by atoms with Crippen molar-refractivity contribution in [3.05, 3.63) is 35.4 Å². The van der Waals surface area contributed by atoms with E-state index in [1.54, 1.807) is 0 Å². The average molecular weight is 332 g/mol.